The molecule has 0 aromatic carbocycles. The van der Waals surface area contributed by atoms with Crippen molar-refractivity contribution in [1.82, 2.24) is 19.9 Å². The molecular formula is C10H17N5OS. The number of thioether (sulfide) groups is 1. The maximum Gasteiger partial charge on any atom is 0.323 e. The summed E-state index contributed by atoms with van der Waals surface area (Å²) < 4.78 is 1.56. The van der Waals surface area contributed by atoms with Crippen molar-refractivity contribution >= 4 is 23.6 Å². The molecule has 2 heterocycles. The number of hydrogen-bond acceptors (Lipinski definition) is 4. The van der Waals surface area contributed by atoms with Gasteiger partial charge in [-0.1, -0.05) is 5.21 Å². The van der Waals surface area contributed by atoms with Crippen LogP contribution in [0.15, 0.2) is 6.20 Å². The lowest BCUT2D eigenvalue weighted by Gasteiger charge is -2.30. The molecule has 2 amide bonds. The highest BCUT2D eigenvalue weighted by molar-refractivity contribution is 7.99. The standard InChI is InChI=1S/C10H17N5OS/c1-14-7-9(12-13-14)11-10(16)15(2)8-3-5-17-6-4-8/h7-8H,3-6H2,1-2H3,(H,11,16). The summed E-state index contributed by atoms with van der Waals surface area (Å²) in [7, 11) is 3.61. The maximum absolute atomic E-state index is 12.0. The van der Waals surface area contributed by atoms with E-state index < -0.39 is 0 Å². The summed E-state index contributed by atoms with van der Waals surface area (Å²) in [6.07, 6.45) is 3.81. The van der Waals surface area contributed by atoms with Crippen LogP contribution in [0.1, 0.15) is 12.8 Å². The average Bonchev–Trinajstić information content (AvgIpc) is 2.75. The first-order chi connectivity index (χ1) is 8.16. The van der Waals surface area contributed by atoms with Crippen molar-refractivity contribution in [1.29, 1.82) is 0 Å². The predicted octanol–water partition coefficient (Wildman–Crippen LogP) is 1.17. The number of amides is 2. The zero-order valence-corrected chi connectivity index (χ0v) is 10.9. The van der Waals surface area contributed by atoms with Gasteiger partial charge in [0.15, 0.2) is 5.82 Å². The Labute approximate surface area is 105 Å². The van der Waals surface area contributed by atoms with Gasteiger partial charge in [-0.15, -0.1) is 5.10 Å². The quantitative estimate of drug-likeness (QED) is 0.862. The lowest BCUT2D eigenvalue weighted by Crippen LogP contribution is -2.41. The lowest BCUT2D eigenvalue weighted by molar-refractivity contribution is 0.200. The van der Waals surface area contributed by atoms with Crippen molar-refractivity contribution in [3.8, 4) is 0 Å². The molecule has 0 radical (unpaired) electrons. The summed E-state index contributed by atoms with van der Waals surface area (Å²) in [6.45, 7) is 0. The van der Waals surface area contributed by atoms with Gasteiger partial charge >= 0.3 is 6.03 Å². The molecule has 1 aliphatic heterocycles. The van der Waals surface area contributed by atoms with E-state index in [2.05, 4.69) is 15.6 Å². The number of urea groups is 1. The Kier molecular flexibility index (Phi) is 3.88. The van der Waals surface area contributed by atoms with Crippen molar-refractivity contribution in [2.45, 2.75) is 18.9 Å². The summed E-state index contributed by atoms with van der Waals surface area (Å²) in [6, 6.07) is 0.232. The van der Waals surface area contributed by atoms with Gasteiger partial charge in [0.25, 0.3) is 0 Å². The third kappa shape index (κ3) is 3.12. The van der Waals surface area contributed by atoms with E-state index in [4.69, 9.17) is 0 Å². The van der Waals surface area contributed by atoms with E-state index in [0.717, 1.165) is 24.3 Å². The number of nitrogens with zero attached hydrogens (tertiary/aromatic N) is 4. The second-order valence-electron chi connectivity index (χ2n) is 4.16. The first kappa shape index (κ1) is 12.2. The van der Waals surface area contributed by atoms with E-state index in [-0.39, 0.29) is 6.03 Å². The highest BCUT2D eigenvalue weighted by Gasteiger charge is 2.22. The molecule has 0 spiro atoms. The van der Waals surface area contributed by atoms with E-state index in [1.165, 1.54) is 0 Å². The van der Waals surface area contributed by atoms with Gasteiger partial charge in [-0.05, 0) is 24.3 Å². The van der Waals surface area contributed by atoms with Gasteiger partial charge in [-0.2, -0.15) is 11.8 Å². The van der Waals surface area contributed by atoms with Crippen LogP contribution in [0.25, 0.3) is 0 Å². The Morgan fingerprint density at radius 2 is 2.29 bits per heavy atom. The molecule has 1 aliphatic rings. The molecule has 1 saturated heterocycles. The molecule has 0 aliphatic carbocycles. The van der Waals surface area contributed by atoms with Crippen LogP contribution in [0.2, 0.25) is 0 Å². The second-order valence-corrected chi connectivity index (χ2v) is 5.39. The number of rotatable bonds is 2. The summed E-state index contributed by atoms with van der Waals surface area (Å²) >= 11 is 1.95. The zero-order chi connectivity index (χ0) is 12.3. The van der Waals surface area contributed by atoms with Crippen molar-refractivity contribution in [2.24, 2.45) is 7.05 Å². The molecule has 17 heavy (non-hydrogen) atoms. The fourth-order valence-electron chi connectivity index (χ4n) is 1.84. The minimum Gasteiger partial charge on any atom is -0.325 e. The van der Waals surface area contributed by atoms with Crippen LogP contribution < -0.4 is 5.32 Å². The number of aromatic nitrogens is 3. The molecule has 1 fully saturated rings. The highest BCUT2D eigenvalue weighted by Crippen LogP contribution is 2.21. The first-order valence-corrected chi connectivity index (χ1v) is 6.80. The molecule has 1 N–H and O–H groups in total. The zero-order valence-electron chi connectivity index (χ0n) is 10.1. The van der Waals surface area contributed by atoms with Crippen LogP contribution in [0.3, 0.4) is 0 Å². The first-order valence-electron chi connectivity index (χ1n) is 5.64. The molecule has 7 heteroatoms. The van der Waals surface area contributed by atoms with Crippen LogP contribution >= 0.6 is 11.8 Å². The third-order valence-corrected chi connectivity index (χ3v) is 3.95. The van der Waals surface area contributed by atoms with Crippen LogP contribution in [0.5, 0.6) is 0 Å². The van der Waals surface area contributed by atoms with E-state index in [1.807, 2.05) is 18.8 Å². The fraction of sp³-hybridized carbons (Fsp3) is 0.700. The molecule has 1 aromatic rings. The van der Waals surface area contributed by atoms with Gasteiger partial charge in [0, 0.05) is 20.1 Å². The molecule has 2 rings (SSSR count). The molecule has 0 saturated carbocycles. The number of carbonyl (C=O) groups is 1. The monoisotopic (exact) mass is 255 g/mol. The van der Waals surface area contributed by atoms with Gasteiger partial charge in [-0.25, -0.2) is 4.79 Å². The van der Waals surface area contributed by atoms with Gasteiger partial charge in [0.05, 0.1) is 6.20 Å². The van der Waals surface area contributed by atoms with Crippen molar-refractivity contribution in [3.63, 3.8) is 0 Å². The molecule has 0 atom stereocenters. The Balaban J connectivity index is 1.90. The van der Waals surface area contributed by atoms with Gasteiger partial charge in [0.2, 0.25) is 0 Å². The van der Waals surface area contributed by atoms with Gasteiger partial charge in [0.1, 0.15) is 0 Å². The Morgan fingerprint density at radius 1 is 1.59 bits per heavy atom. The normalized spacial score (nSPS) is 16.8. The maximum atomic E-state index is 12.0. The molecular weight excluding hydrogens is 238 g/mol. The topological polar surface area (TPSA) is 63.1 Å². The van der Waals surface area contributed by atoms with Crippen LogP contribution in [-0.2, 0) is 7.05 Å². The van der Waals surface area contributed by atoms with Gasteiger partial charge in [-0.3, -0.25) is 10.00 Å². The molecule has 94 valence electrons. The summed E-state index contributed by atoms with van der Waals surface area (Å²) in [5.41, 5.74) is 0. The highest BCUT2D eigenvalue weighted by atomic mass is 32.2. The fourth-order valence-corrected chi connectivity index (χ4v) is 2.92. The van der Waals surface area contributed by atoms with Crippen molar-refractivity contribution < 1.29 is 4.79 Å². The Hall–Kier alpha value is -1.24. The number of hydrogen-bond donors (Lipinski definition) is 1. The lowest BCUT2D eigenvalue weighted by atomic mass is 10.1. The minimum atomic E-state index is -0.109. The SMILES string of the molecule is CN(C(=O)Nc1cn(C)nn1)C1CCSCC1. The average molecular weight is 255 g/mol. The van der Waals surface area contributed by atoms with Crippen LogP contribution in [0.4, 0.5) is 10.6 Å². The van der Waals surface area contributed by atoms with E-state index in [1.54, 1.807) is 22.8 Å². The minimum absolute atomic E-state index is 0.109. The number of nitrogens with one attached hydrogen (secondary N) is 1. The Morgan fingerprint density at radius 3 is 2.88 bits per heavy atom. The van der Waals surface area contributed by atoms with Crippen LogP contribution in [-0.4, -0.2) is 50.5 Å². The summed E-state index contributed by atoms with van der Waals surface area (Å²) in [5.74, 6) is 2.76. The van der Waals surface area contributed by atoms with Crippen molar-refractivity contribution in [2.75, 3.05) is 23.9 Å². The summed E-state index contributed by atoms with van der Waals surface area (Å²) in [4.78, 5) is 13.7. The second kappa shape index (κ2) is 5.39. The van der Waals surface area contributed by atoms with Crippen LogP contribution in [0, 0.1) is 0 Å². The Bertz CT molecular complexity index is 388. The van der Waals surface area contributed by atoms with E-state index >= 15 is 0 Å². The molecule has 0 bridgehead atoms. The van der Waals surface area contributed by atoms with Gasteiger partial charge < -0.3 is 4.90 Å². The number of aryl methyl sites for hydroxylation is 1. The molecule has 1 aromatic heterocycles. The predicted molar refractivity (Wildman–Crippen MR) is 68.1 cm³/mol. The number of anilines is 1. The number of carbonyl (C=O) groups excluding carboxylic acids is 1. The summed E-state index contributed by atoms with van der Waals surface area (Å²) in [5, 5.41) is 10.4. The molecule has 0 unspecified atom stereocenters. The van der Waals surface area contributed by atoms with E-state index in [0.29, 0.717) is 11.9 Å². The molecule has 6 nitrogen and oxygen atoms in total. The largest absolute Gasteiger partial charge is 0.325 e. The third-order valence-electron chi connectivity index (χ3n) is 2.90. The smallest absolute Gasteiger partial charge is 0.323 e. The van der Waals surface area contributed by atoms with E-state index in [9.17, 15) is 4.79 Å². The van der Waals surface area contributed by atoms with Crippen molar-refractivity contribution in [3.05, 3.63) is 6.20 Å².